The van der Waals surface area contributed by atoms with E-state index in [1.165, 1.54) is 0 Å². The third kappa shape index (κ3) is 1.89. The highest BCUT2D eigenvalue weighted by molar-refractivity contribution is 5.45. The molecular formula is C11H10N4. The van der Waals surface area contributed by atoms with Crippen LogP contribution in [0.25, 0.3) is 0 Å². The number of nitrogens with two attached hydrogens (primary N) is 1. The number of rotatable bonds is 2. The normalized spacial score (nSPS) is 14.6. The van der Waals surface area contributed by atoms with Crippen molar-refractivity contribution in [3.63, 3.8) is 0 Å². The van der Waals surface area contributed by atoms with Crippen molar-refractivity contribution < 1.29 is 0 Å². The lowest BCUT2D eigenvalue weighted by atomic mass is 10.1. The molecule has 0 atom stereocenters. The molecule has 0 unspecified atom stereocenters. The lowest BCUT2D eigenvalue weighted by Crippen LogP contribution is -2.01. The zero-order chi connectivity index (χ0) is 10.8. The molecule has 4 heteroatoms. The fourth-order valence-corrected chi connectivity index (χ4v) is 1.49. The average Bonchev–Trinajstić information content (AvgIpc) is 3.02. The summed E-state index contributed by atoms with van der Waals surface area (Å²) in [6.45, 7) is 0. The molecule has 0 spiro atoms. The Morgan fingerprint density at radius 1 is 1.33 bits per heavy atom. The summed E-state index contributed by atoms with van der Waals surface area (Å²) in [4.78, 5) is 4.31. The van der Waals surface area contributed by atoms with Gasteiger partial charge in [0.05, 0.1) is 17.8 Å². The third-order valence-electron chi connectivity index (χ3n) is 2.44. The summed E-state index contributed by atoms with van der Waals surface area (Å²) in [5.74, 6) is -0.337. The fourth-order valence-electron chi connectivity index (χ4n) is 1.49. The quantitative estimate of drug-likeness (QED) is 0.783. The minimum atomic E-state index is -0.814. The number of hydrogen-bond donors (Lipinski definition) is 1. The molecule has 0 amide bonds. The topological polar surface area (TPSA) is 86.5 Å². The van der Waals surface area contributed by atoms with E-state index >= 15 is 0 Å². The smallest absolute Gasteiger partial charge is 0.175 e. The Labute approximate surface area is 88.0 Å². The van der Waals surface area contributed by atoms with E-state index in [-0.39, 0.29) is 0 Å². The van der Waals surface area contributed by atoms with Gasteiger partial charge in [0.2, 0.25) is 0 Å². The van der Waals surface area contributed by atoms with Gasteiger partial charge < -0.3 is 5.73 Å². The molecule has 0 saturated heterocycles. The van der Waals surface area contributed by atoms with Gasteiger partial charge in [0.1, 0.15) is 0 Å². The third-order valence-corrected chi connectivity index (χ3v) is 2.44. The van der Waals surface area contributed by atoms with Crippen molar-refractivity contribution in [3.8, 4) is 12.1 Å². The van der Waals surface area contributed by atoms with Gasteiger partial charge in [-0.05, 0) is 25.0 Å². The Kier molecular flexibility index (Phi) is 2.27. The summed E-state index contributed by atoms with van der Waals surface area (Å²) in [6, 6.07) is 7.23. The van der Waals surface area contributed by atoms with Crippen LogP contribution in [-0.4, -0.2) is 4.98 Å². The van der Waals surface area contributed by atoms with Crippen LogP contribution in [0, 0.1) is 22.7 Å². The average molecular weight is 198 g/mol. The maximum atomic E-state index is 8.76. The van der Waals surface area contributed by atoms with Crippen LogP contribution in [0.1, 0.15) is 36.1 Å². The highest BCUT2D eigenvalue weighted by Crippen LogP contribution is 2.40. The van der Waals surface area contributed by atoms with Crippen LogP contribution in [-0.2, 0) is 0 Å². The van der Waals surface area contributed by atoms with E-state index < -0.39 is 5.92 Å². The number of nitriles is 2. The molecule has 0 bridgehead atoms. The monoisotopic (exact) mass is 198 g/mol. The standard InChI is InChI=1S/C11H10N4/c12-5-8(6-13)11-4-9(14)3-10(15-11)7-1-2-7/h3-4,7-8H,1-2H2,(H2,14,15). The highest BCUT2D eigenvalue weighted by Gasteiger charge is 2.26. The van der Waals surface area contributed by atoms with E-state index in [2.05, 4.69) is 4.98 Å². The Morgan fingerprint density at radius 2 is 2.00 bits per heavy atom. The van der Waals surface area contributed by atoms with Crippen LogP contribution < -0.4 is 5.73 Å². The molecule has 0 aliphatic heterocycles. The van der Waals surface area contributed by atoms with Crippen molar-refractivity contribution in [2.75, 3.05) is 5.73 Å². The zero-order valence-corrected chi connectivity index (χ0v) is 8.14. The molecule has 0 aromatic carbocycles. The van der Waals surface area contributed by atoms with Crippen LogP contribution in [0.15, 0.2) is 12.1 Å². The summed E-state index contributed by atoms with van der Waals surface area (Å²) in [6.07, 6.45) is 2.25. The molecular weight excluding hydrogens is 188 g/mol. The lowest BCUT2D eigenvalue weighted by Gasteiger charge is -2.05. The van der Waals surface area contributed by atoms with Crippen molar-refractivity contribution in [1.82, 2.24) is 4.98 Å². The Hall–Kier alpha value is -2.07. The van der Waals surface area contributed by atoms with Gasteiger partial charge in [0, 0.05) is 17.3 Å². The SMILES string of the molecule is N#CC(C#N)c1cc(N)cc(C2CC2)n1. The number of nitrogens with zero attached hydrogens (tertiary/aromatic N) is 3. The number of hydrogen-bond acceptors (Lipinski definition) is 4. The molecule has 2 N–H and O–H groups in total. The van der Waals surface area contributed by atoms with Crippen molar-refractivity contribution >= 4 is 5.69 Å². The van der Waals surface area contributed by atoms with Crippen molar-refractivity contribution in [3.05, 3.63) is 23.5 Å². The summed E-state index contributed by atoms with van der Waals surface area (Å²) in [5.41, 5.74) is 7.69. The molecule has 1 fully saturated rings. The highest BCUT2D eigenvalue weighted by atomic mass is 14.8. The molecule has 1 aromatic rings. The van der Waals surface area contributed by atoms with Crippen molar-refractivity contribution in [2.45, 2.75) is 24.7 Å². The summed E-state index contributed by atoms with van der Waals surface area (Å²) in [7, 11) is 0. The number of aromatic nitrogens is 1. The van der Waals surface area contributed by atoms with Crippen molar-refractivity contribution in [2.24, 2.45) is 0 Å². The van der Waals surface area contributed by atoms with Gasteiger partial charge in [0.25, 0.3) is 0 Å². The predicted octanol–water partition coefficient (Wildman–Crippen LogP) is 1.67. The van der Waals surface area contributed by atoms with E-state index in [0.29, 0.717) is 17.3 Å². The minimum absolute atomic E-state index is 0.474. The predicted molar refractivity (Wildman–Crippen MR) is 54.6 cm³/mol. The number of nitrogen functional groups attached to an aromatic ring is 1. The van der Waals surface area contributed by atoms with Gasteiger partial charge in [-0.15, -0.1) is 0 Å². The number of pyridine rings is 1. The van der Waals surface area contributed by atoms with Crippen LogP contribution in [0.3, 0.4) is 0 Å². The second-order valence-electron chi connectivity index (χ2n) is 3.72. The van der Waals surface area contributed by atoms with E-state index in [9.17, 15) is 0 Å². The molecule has 1 aliphatic carbocycles. The van der Waals surface area contributed by atoms with Crippen LogP contribution >= 0.6 is 0 Å². The van der Waals surface area contributed by atoms with Gasteiger partial charge in [0.15, 0.2) is 5.92 Å². The second-order valence-corrected chi connectivity index (χ2v) is 3.72. The lowest BCUT2D eigenvalue weighted by molar-refractivity contribution is 0.939. The molecule has 15 heavy (non-hydrogen) atoms. The first-order chi connectivity index (χ1) is 7.24. The van der Waals surface area contributed by atoms with Gasteiger partial charge >= 0.3 is 0 Å². The van der Waals surface area contributed by atoms with E-state index in [0.717, 1.165) is 18.5 Å². The van der Waals surface area contributed by atoms with Gasteiger partial charge in [-0.1, -0.05) is 0 Å². The molecule has 2 rings (SSSR count). The van der Waals surface area contributed by atoms with Gasteiger partial charge in [-0.25, -0.2) is 0 Å². The number of anilines is 1. The molecule has 1 saturated carbocycles. The summed E-state index contributed by atoms with van der Waals surface area (Å²) < 4.78 is 0. The van der Waals surface area contributed by atoms with Crippen molar-refractivity contribution in [1.29, 1.82) is 10.5 Å². The fraction of sp³-hybridized carbons (Fsp3) is 0.364. The summed E-state index contributed by atoms with van der Waals surface area (Å²) >= 11 is 0. The van der Waals surface area contributed by atoms with Gasteiger partial charge in [-0.3, -0.25) is 4.98 Å². The molecule has 1 aliphatic rings. The molecule has 1 heterocycles. The van der Waals surface area contributed by atoms with Crippen LogP contribution in [0.5, 0.6) is 0 Å². The first-order valence-electron chi connectivity index (χ1n) is 4.81. The van der Waals surface area contributed by atoms with Crippen LogP contribution in [0.2, 0.25) is 0 Å². The molecule has 4 nitrogen and oxygen atoms in total. The first-order valence-corrected chi connectivity index (χ1v) is 4.81. The Morgan fingerprint density at radius 3 is 2.53 bits per heavy atom. The van der Waals surface area contributed by atoms with E-state index in [4.69, 9.17) is 16.3 Å². The van der Waals surface area contributed by atoms with Gasteiger partial charge in [-0.2, -0.15) is 10.5 Å². The Balaban J connectivity index is 2.40. The maximum Gasteiger partial charge on any atom is 0.175 e. The van der Waals surface area contributed by atoms with Crippen LogP contribution in [0.4, 0.5) is 5.69 Å². The maximum absolute atomic E-state index is 8.76. The molecule has 0 radical (unpaired) electrons. The molecule has 74 valence electrons. The first kappa shape index (κ1) is 9.48. The zero-order valence-electron chi connectivity index (χ0n) is 8.14. The Bertz CT molecular complexity index is 448. The second kappa shape index (κ2) is 3.59. The summed E-state index contributed by atoms with van der Waals surface area (Å²) in [5, 5.41) is 17.5. The van der Waals surface area contributed by atoms with E-state index in [1.54, 1.807) is 6.07 Å². The minimum Gasteiger partial charge on any atom is -0.399 e. The van der Waals surface area contributed by atoms with E-state index in [1.807, 2.05) is 18.2 Å². The largest absolute Gasteiger partial charge is 0.399 e. The molecule has 1 aromatic heterocycles.